The summed E-state index contributed by atoms with van der Waals surface area (Å²) >= 11 is 3.41. The van der Waals surface area contributed by atoms with Gasteiger partial charge < -0.3 is 14.7 Å². The number of oxazole rings is 1. The van der Waals surface area contributed by atoms with Crippen LogP contribution in [-0.4, -0.2) is 15.9 Å². The molecule has 7 heteroatoms. The summed E-state index contributed by atoms with van der Waals surface area (Å²) in [7, 11) is 0. The van der Waals surface area contributed by atoms with Gasteiger partial charge in [0.2, 0.25) is 5.91 Å². The van der Waals surface area contributed by atoms with E-state index in [1.165, 1.54) is 0 Å². The first-order valence-corrected chi connectivity index (χ1v) is 9.81. The van der Waals surface area contributed by atoms with Gasteiger partial charge in [-0.1, -0.05) is 28.1 Å². The fourth-order valence-corrected chi connectivity index (χ4v) is 3.29. The largest absolute Gasteiger partial charge is 0.440 e. The first-order valence-electron chi connectivity index (χ1n) is 9.02. The molecule has 0 aliphatic heterocycles. The quantitative estimate of drug-likeness (QED) is 0.603. The molecule has 0 radical (unpaired) electrons. The van der Waals surface area contributed by atoms with E-state index < -0.39 is 0 Å². The van der Waals surface area contributed by atoms with Crippen molar-refractivity contribution in [2.75, 3.05) is 0 Å². The third-order valence-electron chi connectivity index (χ3n) is 4.47. The zero-order chi connectivity index (χ0) is 20.3. The van der Waals surface area contributed by atoms with E-state index in [0.29, 0.717) is 23.6 Å². The third kappa shape index (κ3) is 4.78. The molecule has 2 aromatic heterocycles. The molecule has 1 aromatic carbocycles. The molecular weight excluding hydrogens is 422 g/mol. The second-order valence-electron chi connectivity index (χ2n) is 6.75. The Kier molecular flexibility index (Phi) is 6.14. The molecule has 3 rings (SSSR count). The van der Waals surface area contributed by atoms with E-state index in [0.717, 1.165) is 27.0 Å². The molecule has 0 aliphatic rings. The summed E-state index contributed by atoms with van der Waals surface area (Å²) < 4.78 is 6.84. The number of hydrogen-bond acceptors (Lipinski definition) is 4. The number of hydrogen-bond donors (Lipinski definition) is 2. The Morgan fingerprint density at radius 2 is 1.93 bits per heavy atom. The zero-order valence-corrected chi connectivity index (χ0v) is 17.6. The van der Waals surface area contributed by atoms with Gasteiger partial charge in [-0.25, -0.2) is 4.98 Å². The Morgan fingerprint density at radius 1 is 1.21 bits per heavy atom. The number of aryl methyl sites for hydroxylation is 4. The molecule has 146 valence electrons. The average molecular weight is 444 g/mol. The van der Waals surface area contributed by atoms with Gasteiger partial charge in [0.15, 0.2) is 11.7 Å². The number of amides is 1. The minimum absolute atomic E-state index is 0.152. The molecule has 3 aromatic rings. The molecule has 0 saturated carbocycles. The van der Waals surface area contributed by atoms with Gasteiger partial charge in [-0.3, -0.25) is 9.59 Å². The molecule has 0 spiro atoms. The lowest BCUT2D eigenvalue weighted by Gasteiger charge is -2.07. The molecule has 0 saturated heterocycles. The van der Waals surface area contributed by atoms with Crippen LogP contribution in [0.15, 0.2) is 44.0 Å². The highest BCUT2D eigenvalue weighted by Gasteiger charge is 2.14. The second-order valence-corrected chi connectivity index (χ2v) is 7.66. The summed E-state index contributed by atoms with van der Waals surface area (Å²) in [5, 5.41) is 2.80. The molecule has 6 nitrogen and oxygen atoms in total. The van der Waals surface area contributed by atoms with E-state index >= 15 is 0 Å². The monoisotopic (exact) mass is 443 g/mol. The summed E-state index contributed by atoms with van der Waals surface area (Å²) in [5.41, 5.74) is 3.81. The summed E-state index contributed by atoms with van der Waals surface area (Å²) in [6, 6.07) is 9.69. The number of carbonyl (C=O) groups is 1. The van der Waals surface area contributed by atoms with Gasteiger partial charge in [0, 0.05) is 40.7 Å². The third-order valence-corrected chi connectivity index (χ3v) is 5.00. The van der Waals surface area contributed by atoms with Crippen LogP contribution in [0.25, 0.3) is 11.3 Å². The number of carbonyl (C=O) groups excluding carboxylic acids is 1. The van der Waals surface area contributed by atoms with E-state index in [4.69, 9.17) is 4.42 Å². The number of aromatic nitrogens is 2. The van der Waals surface area contributed by atoms with E-state index in [2.05, 4.69) is 31.2 Å². The molecule has 2 heterocycles. The Balaban J connectivity index is 1.59. The van der Waals surface area contributed by atoms with Crippen molar-refractivity contribution < 1.29 is 9.21 Å². The predicted octanol–water partition coefficient (Wildman–Crippen LogP) is 3.97. The van der Waals surface area contributed by atoms with E-state index in [9.17, 15) is 9.59 Å². The standard InChI is InChI=1S/C21H22BrN3O3/c1-12-10-13(2)24-21(27)17(12)11-23-18(26)8-9-19-25-14(3)20(28-19)15-4-6-16(22)7-5-15/h4-7,10H,8-9,11H2,1-3H3,(H,23,26)(H,24,27). The highest BCUT2D eigenvalue weighted by atomic mass is 79.9. The van der Waals surface area contributed by atoms with Gasteiger partial charge in [0.05, 0.1) is 5.69 Å². The lowest BCUT2D eigenvalue weighted by atomic mass is 10.1. The number of benzene rings is 1. The van der Waals surface area contributed by atoms with Gasteiger partial charge >= 0.3 is 0 Å². The summed E-state index contributed by atoms with van der Waals surface area (Å²) in [6.45, 7) is 5.78. The van der Waals surface area contributed by atoms with Crippen LogP contribution in [0.5, 0.6) is 0 Å². The molecule has 0 fully saturated rings. The Morgan fingerprint density at radius 3 is 2.61 bits per heavy atom. The number of nitrogens with zero attached hydrogens (tertiary/aromatic N) is 1. The fraction of sp³-hybridized carbons (Fsp3) is 0.286. The predicted molar refractivity (Wildman–Crippen MR) is 111 cm³/mol. The average Bonchev–Trinajstić information content (AvgIpc) is 3.00. The second kappa shape index (κ2) is 8.56. The molecule has 0 unspecified atom stereocenters. The van der Waals surface area contributed by atoms with Gasteiger partial charge in [-0.15, -0.1) is 0 Å². The molecule has 2 N–H and O–H groups in total. The van der Waals surface area contributed by atoms with E-state index in [1.54, 1.807) is 0 Å². The fourth-order valence-electron chi connectivity index (χ4n) is 3.03. The van der Waals surface area contributed by atoms with Crippen molar-refractivity contribution in [1.82, 2.24) is 15.3 Å². The minimum atomic E-state index is -0.166. The Hall–Kier alpha value is -2.67. The van der Waals surface area contributed by atoms with Gasteiger partial charge in [0.1, 0.15) is 0 Å². The first kappa shape index (κ1) is 20.1. The number of halogens is 1. The summed E-state index contributed by atoms with van der Waals surface area (Å²) in [5.74, 6) is 1.08. The molecule has 0 atom stereocenters. The highest BCUT2D eigenvalue weighted by molar-refractivity contribution is 9.10. The van der Waals surface area contributed by atoms with Crippen LogP contribution in [0.3, 0.4) is 0 Å². The van der Waals surface area contributed by atoms with Crippen LogP contribution in [-0.2, 0) is 17.8 Å². The van der Waals surface area contributed by atoms with Crippen molar-refractivity contribution in [1.29, 1.82) is 0 Å². The normalized spacial score (nSPS) is 10.9. The number of H-pyrrole nitrogens is 1. The van der Waals surface area contributed by atoms with E-state index in [-0.39, 0.29) is 24.4 Å². The van der Waals surface area contributed by atoms with Crippen molar-refractivity contribution in [3.05, 3.63) is 73.6 Å². The van der Waals surface area contributed by atoms with E-state index in [1.807, 2.05) is 51.1 Å². The molecule has 0 bridgehead atoms. The topological polar surface area (TPSA) is 88.0 Å². The van der Waals surface area contributed by atoms with Gasteiger partial charge in [-0.05, 0) is 44.5 Å². The van der Waals surface area contributed by atoms with Crippen LogP contribution in [0.4, 0.5) is 0 Å². The first-order chi connectivity index (χ1) is 13.3. The highest BCUT2D eigenvalue weighted by Crippen LogP contribution is 2.26. The van der Waals surface area contributed by atoms with Crippen molar-refractivity contribution in [3.63, 3.8) is 0 Å². The molecule has 1 amide bonds. The molecule has 28 heavy (non-hydrogen) atoms. The van der Waals surface area contributed by atoms with Gasteiger partial charge in [-0.2, -0.15) is 0 Å². The van der Waals surface area contributed by atoms with Crippen molar-refractivity contribution in [2.45, 2.75) is 40.2 Å². The van der Waals surface area contributed by atoms with Crippen molar-refractivity contribution in [3.8, 4) is 11.3 Å². The van der Waals surface area contributed by atoms with Crippen LogP contribution >= 0.6 is 15.9 Å². The number of aromatic amines is 1. The molecular formula is C21H22BrN3O3. The van der Waals surface area contributed by atoms with Crippen LogP contribution < -0.4 is 10.9 Å². The van der Waals surface area contributed by atoms with Crippen LogP contribution in [0.2, 0.25) is 0 Å². The maximum absolute atomic E-state index is 12.2. The zero-order valence-electron chi connectivity index (χ0n) is 16.1. The smallest absolute Gasteiger partial charge is 0.253 e. The Bertz CT molecular complexity index is 1050. The van der Waals surface area contributed by atoms with Crippen LogP contribution in [0.1, 0.15) is 34.8 Å². The lowest BCUT2D eigenvalue weighted by Crippen LogP contribution is -2.28. The van der Waals surface area contributed by atoms with Crippen molar-refractivity contribution >= 4 is 21.8 Å². The summed E-state index contributed by atoms with van der Waals surface area (Å²) in [4.78, 5) is 31.4. The minimum Gasteiger partial charge on any atom is -0.440 e. The maximum atomic E-state index is 12.2. The van der Waals surface area contributed by atoms with Crippen molar-refractivity contribution in [2.24, 2.45) is 0 Å². The maximum Gasteiger partial charge on any atom is 0.253 e. The SMILES string of the molecule is Cc1cc(C)c(CNC(=O)CCc2nc(C)c(-c3ccc(Br)cc3)o2)c(=O)[nH]1. The lowest BCUT2D eigenvalue weighted by molar-refractivity contribution is -0.121. The van der Waals surface area contributed by atoms with Crippen LogP contribution in [0, 0.1) is 20.8 Å². The molecule has 0 aliphatic carbocycles. The Labute approximate surface area is 171 Å². The number of rotatable bonds is 6. The van der Waals surface area contributed by atoms with Gasteiger partial charge in [0.25, 0.3) is 5.56 Å². The summed E-state index contributed by atoms with van der Waals surface area (Å²) in [6.07, 6.45) is 0.634. The number of pyridine rings is 1. The number of nitrogens with one attached hydrogen (secondary N) is 2.